The number of halogens is 3. The third-order valence-corrected chi connectivity index (χ3v) is 10.8. The maximum absolute atomic E-state index is 13.5. The number of Topliss-reactive ketones (excluding diaryl/α,β-unsaturated/α-hetero) is 1. The monoisotopic (exact) mass is 500 g/mol. The summed E-state index contributed by atoms with van der Waals surface area (Å²) in [6, 6.07) is 3.99. The van der Waals surface area contributed by atoms with Gasteiger partial charge in [-0.3, -0.25) is 9.59 Å². The summed E-state index contributed by atoms with van der Waals surface area (Å²) >= 11 is 0. The van der Waals surface area contributed by atoms with Crippen molar-refractivity contribution in [3.8, 4) is 0 Å². The van der Waals surface area contributed by atoms with Gasteiger partial charge in [-0.05, 0) is 81.8 Å². The number of nitrogens with two attached hydrogens (primary N) is 1. The molecule has 4 aliphatic carbocycles. The SMILES string of the molecule is CN(C(C)(C)C(=O)CC1C2CC3CC1CC(C(N)=O)(C3)C2)S(=O)(=O)c1ccccc1C(F)(F)F. The van der Waals surface area contributed by atoms with Gasteiger partial charge in [-0.15, -0.1) is 0 Å². The molecule has 10 heteroatoms. The number of likely N-dealkylation sites (N-methyl/N-ethyl adjacent to an activating group) is 1. The lowest BCUT2D eigenvalue weighted by molar-refractivity contribution is -0.152. The number of carbonyl (C=O) groups excluding carboxylic acids is 2. The average Bonchev–Trinajstić information content (AvgIpc) is 2.74. The second-order valence-electron chi connectivity index (χ2n) is 10.9. The van der Waals surface area contributed by atoms with Crippen LogP contribution < -0.4 is 5.73 Å². The van der Waals surface area contributed by atoms with Crippen molar-refractivity contribution in [1.29, 1.82) is 0 Å². The molecule has 0 heterocycles. The molecule has 0 aromatic heterocycles. The summed E-state index contributed by atoms with van der Waals surface area (Å²) < 4.78 is 67.6. The van der Waals surface area contributed by atoms with E-state index in [1.165, 1.54) is 19.9 Å². The van der Waals surface area contributed by atoms with Gasteiger partial charge in [-0.1, -0.05) is 12.1 Å². The fraction of sp³-hybridized carbons (Fsp3) is 0.667. The number of nitrogens with zero attached hydrogens (tertiary/aromatic N) is 1. The first-order valence-electron chi connectivity index (χ1n) is 11.6. The quantitative estimate of drug-likeness (QED) is 0.612. The molecule has 2 unspecified atom stereocenters. The van der Waals surface area contributed by atoms with Crippen molar-refractivity contribution < 1.29 is 31.2 Å². The van der Waals surface area contributed by atoms with E-state index < -0.39 is 37.6 Å². The van der Waals surface area contributed by atoms with Crippen LogP contribution in [0.1, 0.15) is 57.9 Å². The van der Waals surface area contributed by atoms with Crippen molar-refractivity contribution in [3.63, 3.8) is 0 Å². The van der Waals surface area contributed by atoms with Gasteiger partial charge in [0.2, 0.25) is 15.9 Å². The molecule has 2 atom stereocenters. The molecule has 4 aliphatic rings. The van der Waals surface area contributed by atoms with Crippen LogP contribution in [-0.2, 0) is 25.8 Å². The zero-order valence-electron chi connectivity index (χ0n) is 19.6. The van der Waals surface area contributed by atoms with Crippen molar-refractivity contribution in [2.75, 3.05) is 7.05 Å². The highest BCUT2D eigenvalue weighted by Gasteiger charge is 2.58. The highest BCUT2D eigenvalue weighted by molar-refractivity contribution is 7.89. The lowest BCUT2D eigenvalue weighted by Crippen LogP contribution is -2.57. The Bertz CT molecular complexity index is 1100. The summed E-state index contributed by atoms with van der Waals surface area (Å²) in [5.74, 6) is 0.179. The molecule has 5 rings (SSSR count). The Hall–Kier alpha value is -1.94. The van der Waals surface area contributed by atoms with Gasteiger partial charge >= 0.3 is 6.18 Å². The number of sulfonamides is 1. The number of carbonyl (C=O) groups is 2. The molecule has 2 N–H and O–H groups in total. The predicted molar refractivity (Wildman–Crippen MR) is 119 cm³/mol. The molecule has 0 aliphatic heterocycles. The van der Waals surface area contributed by atoms with E-state index >= 15 is 0 Å². The fourth-order valence-corrected chi connectivity index (χ4v) is 8.49. The summed E-state index contributed by atoms with van der Waals surface area (Å²) in [6.45, 7) is 2.87. The molecule has 188 valence electrons. The highest BCUT2D eigenvalue weighted by Crippen LogP contribution is 2.63. The Morgan fingerprint density at radius 3 is 2.18 bits per heavy atom. The smallest absolute Gasteiger partial charge is 0.369 e. The zero-order chi connectivity index (χ0) is 25.3. The number of amides is 1. The molecule has 0 radical (unpaired) electrons. The van der Waals surface area contributed by atoms with Gasteiger partial charge in [0.25, 0.3) is 0 Å². The first kappa shape index (κ1) is 25.2. The Labute approximate surface area is 198 Å². The number of hydrogen-bond donors (Lipinski definition) is 1. The van der Waals surface area contributed by atoms with Gasteiger partial charge in [0.05, 0.1) is 16.0 Å². The normalized spacial score (nSPS) is 31.1. The van der Waals surface area contributed by atoms with Crippen LogP contribution in [0.5, 0.6) is 0 Å². The maximum atomic E-state index is 13.5. The maximum Gasteiger partial charge on any atom is 0.417 e. The Morgan fingerprint density at radius 1 is 1.09 bits per heavy atom. The zero-order valence-corrected chi connectivity index (χ0v) is 20.4. The summed E-state index contributed by atoms with van der Waals surface area (Å²) in [7, 11) is -3.45. The average molecular weight is 501 g/mol. The van der Waals surface area contributed by atoms with Crippen LogP contribution in [0, 0.1) is 29.1 Å². The van der Waals surface area contributed by atoms with Crippen LogP contribution in [0.25, 0.3) is 0 Å². The lowest BCUT2D eigenvalue weighted by Gasteiger charge is -2.59. The summed E-state index contributed by atoms with van der Waals surface area (Å²) in [4.78, 5) is 24.8. The molecule has 4 bridgehead atoms. The second-order valence-corrected chi connectivity index (χ2v) is 12.9. The van der Waals surface area contributed by atoms with Crippen LogP contribution in [0.3, 0.4) is 0 Å². The first-order chi connectivity index (χ1) is 15.6. The van der Waals surface area contributed by atoms with Crippen LogP contribution in [0.4, 0.5) is 13.2 Å². The topological polar surface area (TPSA) is 97.5 Å². The molecule has 0 spiro atoms. The largest absolute Gasteiger partial charge is 0.417 e. The predicted octanol–water partition coefficient (Wildman–Crippen LogP) is 3.99. The fourth-order valence-electron chi connectivity index (χ4n) is 6.78. The number of rotatable bonds is 7. The number of ketones is 1. The van der Waals surface area contributed by atoms with E-state index in [0.29, 0.717) is 18.8 Å². The van der Waals surface area contributed by atoms with Gasteiger partial charge < -0.3 is 5.73 Å². The molecule has 6 nitrogen and oxygen atoms in total. The van der Waals surface area contributed by atoms with E-state index in [0.717, 1.165) is 48.8 Å². The molecule has 1 amide bonds. The van der Waals surface area contributed by atoms with Gasteiger partial charge in [-0.25, -0.2) is 8.42 Å². The lowest BCUT2D eigenvalue weighted by atomic mass is 9.45. The van der Waals surface area contributed by atoms with Crippen molar-refractivity contribution in [3.05, 3.63) is 29.8 Å². The van der Waals surface area contributed by atoms with Crippen LogP contribution >= 0.6 is 0 Å². The number of alkyl halides is 3. The summed E-state index contributed by atoms with van der Waals surface area (Å²) in [5.41, 5.74) is 2.43. The van der Waals surface area contributed by atoms with Crippen molar-refractivity contribution in [2.24, 2.45) is 34.8 Å². The minimum Gasteiger partial charge on any atom is -0.369 e. The summed E-state index contributed by atoms with van der Waals surface area (Å²) in [5, 5.41) is 0. The third kappa shape index (κ3) is 3.96. The van der Waals surface area contributed by atoms with E-state index in [-0.39, 0.29) is 35.9 Å². The molecular weight excluding hydrogens is 469 g/mol. The third-order valence-electron chi connectivity index (χ3n) is 8.71. The van der Waals surface area contributed by atoms with E-state index in [2.05, 4.69) is 0 Å². The van der Waals surface area contributed by atoms with Crippen LogP contribution in [-0.4, -0.2) is 37.0 Å². The van der Waals surface area contributed by atoms with Crippen molar-refractivity contribution >= 4 is 21.7 Å². The van der Waals surface area contributed by atoms with Gasteiger partial charge in [0.15, 0.2) is 5.78 Å². The minimum absolute atomic E-state index is 0.0226. The van der Waals surface area contributed by atoms with E-state index in [1.54, 1.807) is 0 Å². The molecule has 4 fully saturated rings. The standard InChI is InChI=1S/C24H31F3N2O4S/c1-22(2,29(3)34(32,33)19-7-5-4-6-18(19)24(25,26)27)20(30)10-17-15-8-14-9-16(17)13-23(11-14,12-15)21(28)31/h4-7,14-17H,8-13H2,1-3H3,(H2,28,31). The van der Waals surface area contributed by atoms with Gasteiger partial charge in [0.1, 0.15) is 0 Å². The van der Waals surface area contributed by atoms with E-state index in [9.17, 15) is 31.2 Å². The Balaban J connectivity index is 1.56. The molecule has 1 aromatic rings. The molecule has 1 aromatic carbocycles. The Kier molecular flexibility index (Phi) is 5.95. The molecular formula is C24H31F3N2O4S. The van der Waals surface area contributed by atoms with E-state index in [1.807, 2.05) is 0 Å². The minimum atomic E-state index is -4.85. The van der Waals surface area contributed by atoms with E-state index in [4.69, 9.17) is 5.73 Å². The number of primary amides is 1. The highest BCUT2D eigenvalue weighted by atomic mass is 32.2. The molecule has 34 heavy (non-hydrogen) atoms. The Morgan fingerprint density at radius 2 is 1.65 bits per heavy atom. The molecule has 0 saturated heterocycles. The van der Waals surface area contributed by atoms with Gasteiger partial charge in [0, 0.05) is 18.9 Å². The van der Waals surface area contributed by atoms with Crippen LogP contribution in [0.15, 0.2) is 29.2 Å². The number of benzene rings is 1. The van der Waals surface area contributed by atoms with Crippen molar-refractivity contribution in [2.45, 2.75) is 69.0 Å². The molecule has 4 saturated carbocycles. The van der Waals surface area contributed by atoms with Crippen molar-refractivity contribution in [1.82, 2.24) is 4.31 Å². The van der Waals surface area contributed by atoms with Gasteiger partial charge in [-0.2, -0.15) is 17.5 Å². The summed E-state index contributed by atoms with van der Waals surface area (Å²) in [6.07, 6.45) is -0.753. The number of hydrogen-bond acceptors (Lipinski definition) is 4. The second kappa shape index (κ2) is 8.05. The van der Waals surface area contributed by atoms with Crippen LogP contribution in [0.2, 0.25) is 0 Å². The first-order valence-corrected chi connectivity index (χ1v) is 13.0.